The average Bonchev–Trinajstić information content (AvgIpc) is 2.30. The molecule has 3 nitrogen and oxygen atoms in total. The topological polar surface area (TPSA) is 35.0 Å². The fourth-order valence-electron chi connectivity index (χ4n) is 1.79. The molecule has 0 aliphatic rings. The van der Waals surface area contributed by atoms with Crippen LogP contribution in [0.5, 0.6) is 11.8 Å². The summed E-state index contributed by atoms with van der Waals surface area (Å²) in [6.45, 7) is 8.55. The van der Waals surface area contributed by atoms with Gasteiger partial charge < -0.3 is 4.74 Å². The summed E-state index contributed by atoms with van der Waals surface area (Å²) in [7, 11) is 0. The second kappa shape index (κ2) is 5.45. The maximum atomic E-state index is 5.85. The van der Waals surface area contributed by atoms with E-state index in [0.29, 0.717) is 6.01 Å². The van der Waals surface area contributed by atoms with Crippen LogP contribution in [0.15, 0.2) is 30.6 Å². The normalized spacial score (nSPS) is 11.4. The maximum Gasteiger partial charge on any atom is 0.321 e. The molecule has 0 spiro atoms. The minimum absolute atomic E-state index is 0.0201. The molecule has 0 atom stereocenters. The van der Waals surface area contributed by atoms with E-state index in [2.05, 4.69) is 65.5 Å². The highest BCUT2D eigenvalue weighted by Gasteiger charge is 2.19. The van der Waals surface area contributed by atoms with Crippen LogP contribution in [0.3, 0.4) is 0 Å². The Hall–Kier alpha value is -1.17. The van der Waals surface area contributed by atoms with Gasteiger partial charge in [-0.25, -0.2) is 9.97 Å². The van der Waals surface area contributed by atoms with Gasteiger partial charge in [0.2, 0.25) is 0 Å². The molecule has 0 aliphatic heterocycles. The number of ether oxygens (including phenoxy) is 1. The Morgan fingerprint density at radius 2 is 1.74 bits per heavy atom. The van der Waals surface area contributed by atoms with Crippen LogP contribution >= 0.6 is 22.6 Å². The summed E-state index contributed by atoms with van der Waals surface area (Å²) in [4.78, 5) is 8.37. The molecule has 0 N–H and O–H groups in total. The van der Waals surface area contributed by atoms with Gasteiger partial charge in [-0.1, -0.05) is 32.9 Å². The van der Waals surface area contributed by atoms with Crippen LogP contribution in [0.1, 0.15) is 31.9 Å². The molecule has 0 bridgehead atoms. The van der Waals surface area contributed by atoms with Crippen LogP contribution in [0.2, 0.25) is 0 Å². The van der Waals surface area contributed by atoms with Crippen LogP contribution in [0.4, 0.5) is 0 Å². The lowest BCUT2D eigenvalue weighted by atomic mass is 9.86. The predicted molar refractivity (Wildman–Crippen MR) is 84.7 cm³/mol. The standard InChI is InChI=1S/C15H17IN2O/c1-10-5-6-12(15(2,3)4)13(7-10)19-14-17-8-11(16)9-18-14/h5-9H,1-4H3. The lowest BCUT2D eigenvalue weighted by molar-refractivity contribution is 0.422. The van der Waals surface area contributed by atoms with Crippen LogP contribution in [-0.2, 0) is 5.41 Å². The van der Waals surface area contributed by atoms with E-state index >= 15 is 0 Å². The SMILES string of the molecule is Cc1ccc(C(C)(C)C)c(Oc2ncc(I)cn2)c1. The molecule has 1 aromatic heterocycles. The Balaban J connectivity index is 2.38. The summed E-state index contributed by atoms with van der Waals surface area (Å²) in [6.07, 6.45) is 3.49. The van der Waals surface area contributed by atoms with Crippen molar-refractivity contribution in [1.82, 2.24) is 9.97 Å². The summed E-state index contributed by atoms with van der Waals surface area (Å²) in [6, 6.07) is 6.62. The minimum Gasteiger partial charge on any atom is -0.424 e. The number of nitrogens with zero attached hydrogens (tertiary/aromatic N) is 2. The van der Waals surface area contributed by atoms with Gasteiger partial charge in [-0.3, -0.25) is 0 Å². The van der Waals surface area contributed by atoms with E-state index in [4.69, 9.17) is 4.74 Å². The fraction of sp³-hybridized carbons (Fsp3) is 0.333. The van der Waals surface area contributed by atoms with E-state index in [1.54, 1.807) is 12.4 Å². The largest absolute Gasteiger partial charge is 0.424 e. The lowest BCUT2D eigenvalue weighted by Gasteiger charge is -2.22. The zero-order valence-corrected chi connectivity index (χ0v) is 13.7. The molecule has 1 aromatic carbocycles. The third kappa shape index (κ3) is 3.65. The second-order valence-electron chi connectivity index (χ2n) is 5.54. The first-order valence-corrected chi connectivity index (χ1v) is 7.20. The lowest BCUT2D eigenvalue weighted by Crippen LogP contribution is -2.13. The zero-order chi connectivity index (χ0) is 14.0. The molecule has 2 aromatic rings. The zero-order valence-electron chi connectivity index (χ0n) is 11.6. The summed E-state index contributed by atoms with van der Waals surface area (Å²) >= 11 is 2.17. The first-order valence-electron chi connectivity index (χ1n) is 6.13. The molecule has 19 heavy (non-hydrogen) atoms. The number of hydrogen-bond donors (Lipinski definition) is 0. The van der Waals surface area contributed by atoms with Crippen molar-refractivity contribution >= 4 is 22.6 Å². The third-order valence-electron chi connectivity index (χ3n) is 2.74. The molecule has 0 amide bonds. The third-order valence-corrected chi connectivity index (χ3v) is 3.30. The summed E-state index contributed by atoms with van der Waals surface area (Å²) in [5, 5.41) is 0. The van der Waals surface area contributed by atoms with E-state index in [1.807, 2.05) is 13.0 Å². The van der Waals surface area contributed by atoms with Crippen LogP contribution in [0.25, 0.3) is 0 Å². The van der Waals surface area contributed by atoms with Gasteiger partial charge in [0.05, 0.1) is 0 Å². The van der Waals surface area contributed by atoms with Crippen molar-refractivity contribution < 1.29 is 4.74 Å². The highest BCUT2D eigenvalue weighted by Crippen LogP contribution is 2.33. The van der Waals surface area contributed by atoms with Gasteiger partial charge in [-0.15, -0.1) is 0 Å². The highest BCUT2D eigenvalue weighted by atomic mass is 127. The molecule has 4 heteroatoms. The van der Waals surface area contributed by atoms with Gasteiger partial charge >= 0.3 is 6.01 Å². The maximum absolute atomic E-state index is 5.85. The smallest absolute Gasteiger partial charge is 0.321 e. The van der Waals surface area contributed by atoms with Gasteiger partial charge in [-0.05, 0) is 46.6 Å². The summed E-state index contributed by atoms with van der Waals surface area (Å²) in [5.74, 6) is 0.828. The molecule has 0 saturated carbocycles. The van der Waals surface area contributed by atoms with Crippen LogP contribution in [0, 0.1) is 10.5 Å². The molecule has 0 saturated heterocycles. The number of hydrogen-bond acceptors (Lipinski definition) is 3. The van der Waals surface area contributed by atoms with Gasteiger partial charge in [-0.2, -0.15) is 0 Å². The van der Waals surface area contributed by atoms with E-state index in [1.165, 1.54) is 0 Å². The molecule has 0 fully saturated rings. The van der Waals surface area contributed by atoms with E-state index < -0.39 is 0 Å². The first kappa shape index (κ1) is 14.2. The van der Waals surface area contributed by atoms with Crippen molar-refractivity contribution in [1.29, 1.82) is 0 Å². The molecular formula is C15H17IN2O. The van der Waals surface area contributed by atoms with Crippen molar-refractivity contribution in [2.75, 3.05) is 0 Å². The minimum atomic E-state index is 0.0201. The molecule has 2 rings (SSSR count). The summed E-state index contributed by atoms with van der Waals surface area (Å²) < 4.78 is 6.84. The first-order chi connectivity index (χ1) is 8.86. The van der Waals surface area contributed by atoms with E-state index in [9.17, 15) is 0 Å². The number of aromatic nitrogens is 2. The summed E-state index contributed by atoms with van der Waals surface area (Å²) in [5.41, 5.74) is 2.33. The van der Waals surface area contributed by atoms with Gasteiger partial charge in [0.15, 0.2) is 0 Å². The fourth-order valence-corrected chi connectivity index (χ4v) is 2.06. The molecule has 0 aliphatic carbocycles. The Morgan fingerprint density at radius 3 is 2.32 bits per heavy atom. The average molecular weight is 368 g/mol. The monoisotopic (exact) mass is 368 g/mol. The molecule has 0 radical (unpaired) electrons. The molecular weight excluding hydrogens is 351 g/mol. The number of halogens is 1. The van der Waals surface area contributed by atoms with Crippen molar-refractivity contribution in [3.05, 3.63) is 45.3 Å². The van der Waals surface area contributed by atoms with Crippen molar-refractivity contribution in [2.24, 2.45) is 0 Å². The quantitative estimate of drug-likeness (QED) is 0.734. The van der Waals surface area contributed by atoms with Crippen molar-refractivity contribution in [3.8, 4) is 11.8 Å². The predicted octanol–water partition coefficient (Wildman–Crippen LogP) is 4.48. The van der Waals surface area contributed by atoms with Crippen LogP contribution in [-0.4, -0.2) is 9.97 Å². The van der Waals surface area contributed by atoms with Gasteiger partial charge in [0.1, 0.15) is 5.75 Å². The Bertz CT molecular complexity index is 574. The number of aryl methyl sites for hydroxylation is 1. The van der Waals surface area contributed by atoms with Gasteiger partial charge in [0, 0.05) is 21.5 Å². The Morgan fingerprint density at radius 1 is 1.11 bits per heavy atom. The second-order valence-corrected chi connectivity index (χ2v) is 6.78. The molecule has 1 heterocycles. The van der Waals surface area contributed by atoms with E-state index in [-0.39, 0.29) is 5.41 Å². The van der Waals surface area contributed by atoms with Crippen molar-refractivity contribution in [2.45, 2.75) is 33.1 Å². The number of benzene rings is 1. The van der Waals surface area contributed by atoms with E-state index in [0.717, 1.165) is 20.4 Å². The molecule has 0 unspecified atom stereocenters. The number of rotatable bonds is 2. The Kier molecular flexibility index (Phi) is 4.08. The molecule has 100 valence electrons. The Labute approximate surface area is 127 Å². The highest BCUT2D eigenvalue weighted by molar-refractivity contribution is 14.1. The van der Waals surface area contributed by atoms with Gasteiger partial charge in [0.25, 0.3) is 0 Å². The van der Waals surface area contributed by atoms with Crippen molar-refractivity contribution in [3.63, 3.8) is 0 Å². The van der Waals surface area contributed by atoms with Crippen LogP contribution < -0.4 is 4.74 Å².